The van der Waals surface area contributed by atoms with Crippen molar-refractivity contribution in [3.8, 4) is 17.0 Å². The maximum Gasteiger partial charge on any atom is 0.254 e. The first-order valence-electron chi connectivity index (χ1n) is 15.7. The summed E-state index contributed by atoms with van der Waals surface area (Å²) in [6.07, 6.45) is 4.49. The number of pyridine rings is 1. The first-order chi connectivity index (χ1) is 22.2. The van der Waals surface area contributed by atoms with Crippen LogP contribution in [-0.4, -0.2) is 75.6 Å². The van der Waals surface area contributed by atoms with Gasteiger partial charge in [0.05, 0.1) is 11.1 Å². The molecule has 3 aromatic carbocycles. The highest BCUT2D eigenvalue weighted by Gasteiger charge is 2.28. The van der Waals surface area contributed by atoms with Crippen molar-refractivity contribution < 1.29 is 18.7 Å². The van der Waals surface area contributed by atoms with Gasteiger partial charge in [-0.25, -0.2) is 9.37 Å². The van der Waals surface area contributed by atoms with E-state index in [2.05, 4.69) is 63.7 Å². The number of amides is 2. The normalized spacial score (nSPS) is 13.3. The molecule has 0 saturated carbocycles. The highest BCUT2D eigenvalue weighted by molar-refractivity contribution is 6.07. The summed E-state index contributed by atoms with van der Waals surface area (Å²) in [4.78, 5) is 36.9. The Hall–Kier alpha value is -4.92. The molecule has 2 amide bonds. The van der Waals surface area contributed by atoms with Crippen molar-refractivity contribution in [2.75, 3.05) is 57.6 Å². The Balaban J connectivity index is 1.12. The molecule has 1 aliphatic heterocycles. The van der Waals surface area contributed by atoms with Gasteiger partial charge >= 0.3 is 0 Å². The molecule has 4 aromatic rings. The lowest BCUT2D eigenvalue weighted by Gasteiger charge is -2.32. The lowest BCUT2D eigenvalue weighted by atomic mass is 10.0. The Labute approximate surface area is 270 Å². The van der Waals surface area contributed by atoms with Gasteiger partial charge in [-0.05, 0) is 72.5 Å². The molecular formula is C37H42FN5O3. The Kier molecular flexibility index (Phi) is 10.5. The second-order valence-electron chi connectivity index (χ2n) is 12.0. The van der Waals surface area contributed by atoms with Crippen LogP contribution in [0.4, 0.5) is 15.8 Å². The molecule has 1 N–H and O–H groups in total. The van der Waals surface area contributed by atoms with Crippen LogP contribution in [0.2, 0.25) is 0 Å². The van der Waals surface area contributed by atoms with Gasteiger partial charge < -0.3 is 24.8 Å². The summed E-state index contributed by atoms with van der Waals surface area (Å²) >= 11 is 0. The summed E-state index contributed by atoms with van der Waals surface area (Å²) < 4.78 is 20.3. The quantitative estimate of drug-likeness (QED) is 0.205. The third-order valence-corrected chi connectivity index (χ3v) is 8.31. The number of aromatic nitrogens is 1. The predicted molar refractivity (Wildman–Crippen MR) is 181 cm³/mol. The average molecular weight is 624 g/mol. The van der Waals surface area contributed by atoms with Gasteiger partial charge in [0.2, 0.25) is 5.88 Å². The molecule has 1 aromatic heterocycles. The first kappa shape index (κ1) is 32.5. The predicted octanol–water partition coefficient (Wildman–Crippen LogP) is 6.07. The number of benzene rings is 3. The lowest BCUT2D eigenvalue weighted by molar-refractivity contribution is 0.0584. The van der Waals surface area contributed by atoms with E-state index in [9.17, 15) is 14.0 Å². The topological polar surface area (TPSA) is 78.0 Å². The van der Waals surface area contributed by atoms with E-state index in [4.69, 9.17) is 4.74 Å². The third-order valence-electron chi connectivity index (χ3n) is 8.31. The van der Waals surface area contributed by atoms with Crippen molar-refractivity contribution in [2.24, 2.45) is 0 Å². The number of piperidine rings is 1. The highest BCUT2D eigenvalue weighted by Crippen LogP contribution is 2.25. The van der Waals surface area contributed by atoms with E-state index >= 15 is 0 Å². The summed E-state index contributed by atoms with van der Waals surface area (Å²) in [5.74, 6) is -0.750. The molecule has 0 bridgehead atoms. The second kappa shape index (κ2) is 14.9. The van der Waals surface area contributed by atoms with E-state index in [1.807, 2.05) is 51.4 Å². The van der Waals surface area contributed by atoms with E-state index in [0.717, 1.165) is 41.4 Å². The Morgan fingerprint density at radius 2 is 1.48 bits per heavy atom. The fourth-order valence-corrected chi connectivity index (χ4v) is 5.53. The molecule has 0 unspecified atom stereocenters. The zero-order chi connectivity index (χ0) is 32.6. The van der Waals surface area contributed by atoms with Gasteiger partial charge in [0.1, 0.15) is 11.9 Å². The maximum absolute atomic E-state index is 14.2. The number of halogens is 1. The van der Waals surface area contributed by atoms with Crippen LogP contribution in [-0.2, 0) is 6.42 Å². The van der Waals surface area contributed by atoms with Crippen LogP contribution in [0.25, 0.3) is 11.1 Å². The number of carbonyl (C=O) groups is 2. The third kappa shape index (κ3) is 8.21. The number of rotatable bonds is 11. The largest absolute Gasteiger partial charge is 0.474 e. The first-order valence-corrected chi connectivity index (χ1v) is 15.7. The molecule has 1 aliphatic rings. The fraction of sp³-hybridized carbons (Fsp3) is 0.324. The van der Waals surface area contributed by atoms with Gasteiger partial charge in [-0.1, -0.05) is 24.3 Å². The van der Waals surface area contributed by atoms with Crippen molar-refractivity contribution in [3.63, 3.8) is 0 Å². The van der Waals surface area contributed by atoms with Gasteiger partial charge in [-0.15, -0.1) is 0 Å². The minimum Gasteiger partial charge on any atom is -0.474 e. The number of hydrogen-bond donors (Lipinski definition) is 1. The number of aryl methyl sites for hydroxylation is 1. The molecule has 240 valence electrons. The zero-order valence-corrected chi connectivity index (χ0v) is 27.0. The lowest BCUT2D eigenvalue weighted by Crippen LogP contribution is -2.42. The van der Waals surface area contributed by atoms with Crippen LogP contribution < -0.4 is 19.9 Å². The van der Waals surface area contributed by atoms with Crippen LogP contribution in [0, 0.1) is 5.82 Å². The minimum atomic E-state index is -0.557. The summed E-state index contributed by atoms with van der Waals surface area (Å²) in [5, 5.41) is 2.87. The SMILES string of the molecule is CN(C)c1ccc(CCCNC(=O)c2cc(F)ccc2C(=O)N2CCC(Oc3ccc(-c4ccc(N(C)C)cc4)cn3)CC2)cc1. The molecule has 1 fully saturated rings. The van der Waals surface area contributed by atoms with Crippen molar-refractivity contribution in [2.45, 2.75) is 31.8 Å². The van der Waals surface area contributed by atoms with Gasteiger partial charge in [-0.3, -0.25) is 9.59 Å². The summed E-state index contributed by atoms with van der Waals surface area (Å²) in [5.41, 5.74) is 5.78. The van der Waals surface area contributed by atoms with Crippen molar-refractivity contribution in [3.05, 3.63) is 108 Å². The van der Waals surface area contributed by atoms with Crippen molar-refractivity contribution in [1.82, 2.24) is 15.2 Å². The standard InChI is InChI=1S/C37H42FN5O3/c1-41(2)30-13-7-26(8-14-30)6-5-21-39-36(44)34-24-29(38)12-17-33(34)37(45)43-22-19-32(20-23-43)46-35-18-11-28(25-40-35)27-9-15-31(16-10-27)42(3)4/h7-18,24-25,32H,5-6,19-23H2,1-4H3,(H,39,44). The maximum atomic E-state index is 14.2. The van der Waals surface area contributed by atoms with E-state index < -0.39 is 11.7 Å². The van der Waals surface area contributed by atoms with Gasteiger partial charge in [0, 0.05) is 89.9 Å². The molecule has 9 heteroatoms. The zero-order valence-electron chi connectivity index (χ0n) is 27.0. The van der Waals surface area contributed by atoms with Crippen LogP contribution in [0.1, 0.15) is 45.5 Å². The van der Waals surface area contributed by atoms with E-state index in [1.54, 1.807) is 4.90 Å². The second-order valence-corrected chi connectivity index (χ2v) is 12.0. The van der Waals surface area contributed by atoms with Crippen LogP contribution in [0.5, 0.6) is 5.88 Å². The highest BCUT2D eigenvalue weighted by atomic mass is 19.1. The van der Waals surface area contributed by atoms with Gasteiger partial charge in [0.25, 0.3) is 11.8 Å². The Morgan fingerprint density at radius 3 is 2.09 bits per heavy atom. The molecule has 46 heavy (non-hydrogen) atoms. The molecule has 2 heterocycles. The van der Waals surface area contributed by atoms with Crippen LogP contribution in [0.3, 0.4) is 0 Å². The number of nitrogens with one attached hydrogen (secondary N) is 1. The Morgan fingerprint density at radius 1 is 0.848 bits per heavy atom. The van der Waals surface area contributed by atoms with Crippen molar-refractivity contribution in [1.29, 1.82) is 0 Å². The molecule has 8 nitrogen and oxygen atoms in total. The fourth-order valence-electron chi connectivity index (χ4n) is 5.53. The van der Waals surface area contributed by atoms with E-state index in [-0.39, 0.29) is 23.1 Å². The molecule has 1 saturated heterocycles. The summed E-state index contributed by atoms with van der Waals surface area (Å²) in [6.45, 7) is 1.34. The molecule has 5 rings (SSSR count). The number of carbonyl (C=O) groups excluding carboxylic acids is 2. The monoisotopic (exact) mass is 623 g/mol. The molecule has 0 aliphatic carbocycles. The van der Waals surface area contributed by atoms with Crippen LogP contribution >= 0.6 is 0 Å². The summed E-state index contributed by atoms with van der Waals surface area (Å²) in [6, 6.07) is 24.2. The minimum absolute atomic E-state index is 0.0550. The average Bonchev–Trinajstić information content (AvgIpc) is 3.07. The van der Waals surface area contributed by atoms with Crippen molar-refractivity contribution >= 4 is 23.2 Å². The molecule has 0 atom stereocenters. The number of ether oxygens (including phenoxy) is 1. The van der Waals surface area contributed by atoms with Crippen LogP contribution in [0.15, 0.2) is 85.1 Å². The molecule has 0 spiro atoms. The van der Waals surface area contributed by atoms with Gasteiger partial charge in [0.15, 0.2) is 0 Å². The summed E-state index contributed by atoms with van der Waals surface area (Å²) in [7, 11) is 8.02. The number of nitrogens with zero attached hydrogens (tertiary/aromatic N) is 4. The van der Waals surface area contributed by atoms with Gasteiger partial charge in [-0.2, -0.15) is 0 Å². The number of anilines is 2. The van der Waals surface area contributed by atoms with E-state index in [1.165, 1.54) is 17.7 Å². The Bertz CT molecular complexity index is 1610. The molecule has 0 radical (unpaired) electrons. The smallest absolute Gasteiger partial charge is 0.254 e. The van der Waals surface area contributed by atoms with E-state index in [0.29, 0.717) is 38.4 Å². The number of hydrogen-bond acceptors (Lipinski definition) is 6. The molecular weight excluding hydrogens is 581 g/mol. The number of likely N-dealkylation sites (tertiary alicyclic amines) is 1.